The first-order valence-corrected chi connectivity index (χ1v) is 8.89. The summed E-state index contributed by atoms with van der Waals surface area (Å²) >= 11 is 0. The quantitative estimate of drug-likeness (QED) is 0.686. The van der Waals surface area contributed by atoms with E-state index in [2.05, 4.69) is 0 Å². The third-order valence-corrected chi connectivity index (χ3v) is 4.66. The van der Waals surface area contributed by atoms with Crippen molar-refractivity contribution in [1.82, 2.24) is 9.88 Å². The lowest BCUT2D eigenvalue weighted by Crippen LogP contribution is -2.36. The van der Waals surface area contributed by atoms with E-state index in [0.29, 0.717) is 0 Å². The predicted octanol–water partition coefficient (Wildman–Crippen LogP) is 2.78. The van der Waals surface area contributed by atoms with E-state index in [9.17, 15) is 28.3 Å². The molecule has 152 valence electrons. The molecule has 3 N–H and O–H groups in total. The van der Waals surface area contributed by atoms with E-state index in [-0.39, 0.29) is 42.3 Å². The van der Waals surface area contributed by atoms with E-state index < -0.39 is 46.9 Å². The number of halogens is 2. The molecule has 1 heterocycles. The van der Waals surface area contributed by atoms with Crippen LogP contribution in [0.15, 0.2) is 52.4 Å². The SMILES string of the molecule is O=C(O)CNC(=O)c1c(O)c2ccccc2n(CCC2=C(F)CCC=C2F)c1=O. The monoisotopic (exact) mass is 404 g/mol. The van der Waals surface area contributed by atoms with Crippen LogP contribution in [-0.2, 0) is 11.3 Å². The molecule has 9 heteroatoms. The number of carboxylic acid groups (broad SMARTS) is 1. The standard InChI is InChI=1S/C20H18F2N2O5/c21-13-5-3-6-14(22)11(13)8-9-24-15-7-2-1-4-12(15)18(27)17(20(24)29)19(28)23-10-16(25)26/h1-2,4-5,7,27H,3,6,8-10H2,(H,23,28)(H,25,26). The summed E-state index contributed by atoms with van der Waals surface area (Å²) in [6, 6.07) is 6.22. The van der Waals surface area contributed by atoms with Gasteiger partial charge in [0, 0.05) is 23.9 Å². The maximum Gasteiger partial charge on any atom is 0.322 e. The van der Waals surface area contributed by atoms with Gasteiger partial charge in [-0.3, -0.25) is 14.4 Å². The summed E-state index contributed by atoms with van der Waals surface area (Å²) in [5.74, 6) is -4.21. The number of amides is 1. The van der Waals surface area contributed by atoms with Gasteiger partial charge in [0.25, 0.3) is 11.5 Å². The van der Waals surface area contributed by atoms with Crippen molar-refractivity contribution in [2.24, 2.45) is 0 Å². The number of aromatic nitrogens is 1. The molecule has 7 nitrogen and oxygen atoms in total. The first-order valence-electron chi connectivity index (χ1n) is 8.89. The third kappa shape index (κ3) is 4.03. The Balaban J connectivity index is 2.06. The normalized spacial score (nSPS) is 14.1. The summed E-state index contributed by atoms with van der Waals surface area (Å²) in [4.78, 5) is 35.9. The molecule has 1 aromatic carbocycles. The van der Waals surface area contributed by atoms with Gasteiger partial charge in [0.05, 0.1) is 5.52 Å². The van der Waals surface area contributed by atoms with Crippen LogP contribution in [0, 0.1) is 0 Å². The highest BCUT2D eigenvalue weighted by atomic mass is 19.1. The number of nitrogens with one attached hydrogen (secondary N) is 1. The van der Waals surface area contributed by atoms with Crippen molar-refractivity contribution in [3.63, 3.8) is 0 Å². The molecule has 1 aliphatic carbocycles. The summed E-state index contributed by atoms with van der Waals surface area (Å²) in [6.07, 6.45) is 1.49. The number of allylic oxidation sites excluding steroid dienone is 4. The van der Waals surface area contributed by atoms with Crippen LogP contribution in [0.25, 0.3) is 10.9 Å². The zero-order valence-electron chi connectivity index (χ0n) is 15.2. The van der Waals surface area contributed by atoms with Gasteiger partial charge < -0.3 is 20.1 Å². The molecule has 0 aliphatic heterocycles. The highest BCUT2D eigenvalue weighted by molar-refractivity contribution is 6.03. The molecule has 1 aliphatic rings. The van der Waals surface area contributed by atoms with Crippen LogP contribution in [0.5, 0.6) is 5.75 Å². The average molecular weight is 404 g/mol. The van der Waals surface area contributed by atoms with Crippen molar-refractivity contribution in [3.8, 4) is 5.75 Å². The lowest BCUT2D eigenvalue weighted by Gasteiger charge is -2.17. The number of aliphatic carboxylic acids is 1. The molecule has 0 fully saturated rings. The zero-order chi connectivity index (χ0) is 21.1. The fraction of sp³-hybridized carbons (Fsp3) is 0.250. The number of fused-ring (bicyclic) bond motifs is 1. The Morgan fingerprint density at radius 2 is 1.93 bits per heavy atom. The van der Waals surface area contributed by atoms with Crippen molar-refractivity contribution in [1.29, 1.82) is 0 Å². The summed E-state index contributed by atoms with van der Waals surface area (Å²) in [5, 5.41) is 21.4. The summed E-state index contributed by atoms with van der Waals surface area (Å²) in [7, 11) is 0. The van der Waals surface area contributed by atoms with Gasteiger partial charge in [-0.2, -0.15) is 0 Å². The lowest BCUT2D eigenvalue weighted by molar-refractivity contribution is -0.135. The van der Waals surface area contributed by atoms with Crippen LogP contribution in [0.1, 0.15) is 29.6 Å². The molecule has 0 bridgehead atoms. The number of carbonyl (C=O) groups excluding carboxylic acids is 1. The van der Waals surface area contributed by atoms with E-state index in [1.807, 2.05) is 5.32 Å². The molecule has 0 saturated heterocycles. The average Bonchev–Trinajstić information content (AvgIpc) is 2.68. The number of nitrogens with zero attached hydrogens (tertiary/aromatic N) is 1. The fourth-order valence-corrected chi connectivity index (χ4v) is 3.27. The number of hydrogen-bond donors (Lipinski definition) is 3. The molecule has 0 spiro atoms. The van der Waals surface area contributed by atoms with Gasteiger partial charge in [-0.25, -0.2) is 8.78 Å². The number of para-hydroxylation sites is 1. The number of aryl methyl sites for hydroxylation is 1. The summed E-state index contributed by atoms with van der Waals surface area (Å²) < 4.78 is 29.1. The Hall–Kier alpha value is -3.49. The number of hydrogen-bond acceptors (Lipinski definition) is 4. The largest absolute Gasteiger partial charge is 0.506 e. The molecule has 0 atom stereocenters. The lowest BCUT2D eigenvalue weighted by atomic mass is 10.0. The van der Waals surface area contributed by atoms with Crippen molar-refractivity contribution in [2.45, 2.75) is 25.8 Å². The van der Waals surface area contributed by atoms with Crippen molar-refractivity contribution in [3.05, 3.63) is 63.5 Å². The molecular formula is C20H18F2N2O5. The maximum absolute atomic E-state index is 14.0. The predicted molar refractivity (Wildman–Crippen MR) is 101 cm³/mol. The molecule has 3 rings (SSSR count). The third-order valence-electron chi connectivity index (χ3n) is 4.66. The van der Waals surface area contributed by atoms with Gasteiger partial charge in [0.1, 0.15) is 29.5 Å². The summed E-state index contributed by atoms with van der Waals surface area (Å²) in [5.41, 5.74) is -1.35. The highest BCUT2D eigenvalue weighted by Crippen LogP contribution is 2.31. The molecule has 1 amide bonds. The Morgan fingerprint density at radius 1 is 1.21 bits per heavy atom. The molecule has 2 aromatic rings. The Kier molecular flexibility index (Phi) is 5.76. The van der Waals surface area contributed by atoms with Gasteiger partial charge in [0.2, 0.25) is 0 Å². The maximum atomic E-state index is 14.0. The number of carboxylic acids is 1. The minimum atomic E-state index is -1.32. The van der Waals surface area contributed by atoms with Gasteiger partial charge >= 0.3 is 5.97 Å². The fourth-order valence-electron chi connectivity index (χ4n) is 3.27. The number of pyridine rings is 1. The molecule has 0 radical (unpaired) electrons. The first-order chi connectivity index (χ1) is 13.8. The number of benzene rings is 1. The minimum Gasteiger partial charge on any atom is -0.506 e. The van der Waals surface area contributed by atoms with E-state index in [1.54, 1.807) is 12.1 Å². The second kappa shape index (κ2) is 8.26. The number of rotatable bonds is 6. The van der Waals surface area contributed by atoms with E-state index >= 15 is 0 Å². The van der Waals surface area contributed by atoms with Gasteiger partial charge in [-0.15, -0.1) is 0 Å². The van der Waals surface area contributed by atoms with Crippen molar-refractivity contribution in [2.75, 3.05) is 6.54 Å². The Bertz CT molecular complexity index is 1120. The van der Waals surface area contributed by atoms with Crippen molar-refractivity contribution < 1.29 is 28.6 Å². The first kappa shape index (κ1) is 20.2. The van der Waals surface area contributed by atoms with E-state index in [0.717, 1.165) is 4.57 Å². The zero-order valence-corrected chi connectivity index (χ0v) is 15.2. The van der Waals surface area contributed by atoms with Crippen molar-refractivity contribution >= 4 is 22.8 Å². The van der Waals surface area contributed by atoms with Crippen LogP contribution in [0.3, 0.4) is 0 Å². The van der Waals surface area contributed by atoms with Crippen LogP contribution in [-0.4, -0.2) is 33.2 Å². The Morgan fingerprint density at radius 3 is 2.62 bits per heavy atom. The molecule has 29 heavy (non-hydrogen) atoms. The molecule has 0 saturated carbocycles. The number of aromatic hydroxyl groups is 1. The van der Waals surface area contributed by atoms with Gasteiger partial charge in [-0.1, -0.05) is 12.1 Å². The molecule has 1 aromatic heterocycles. The molecular weight excluding hydrogens is 386 g/mol. The highest BCUT2D eigenvalue weighted by Gasteiger charge is 2.23. The van der Waals surface area contributed by atoms with Gasteiger partial charge in [0.15, 0.2) is 0 Å². The minimum absolute atomic E-state index is 0.0802. The van der Waals surface area contributed by atoms with E-state index in [1.165, 1.54) is 18.2 Å². The topological polar surface area (TPSA) is 109 Å². The number of carbonyl (C=O) groups is 2. The van der Waals surface area contributed by atoms with Gasteiger partial charge in [-0.05, 0) is 31.1 Å². The van der Waals surface area contributed by atoms with E-state index in [4.69, 9.17) is 5.11 Å². The van der Waals surface area contributed by atoms with Crippen LogP contribution < -0.4 is 10.9 Å². The van der Waals surface area contributed by atoms with Crippen LogP contribution in [0.2, 0.25) is 0 Å². The molecule has 0 unspecified atom stereocenters. The Labute approximate surface area is 163 Å². The summed E-state index contributed by atoms with van der Waals surface area (Å²) in [6.45, 7) is -0.874. The smallest absolute Gasteiger partial charge is 0.322 e. The second-order valence-electron chi connectivity index (χ2n) is 6.50. The van der Waals surface area contributed by atoms with Crippen LogP contribution in [0.4, 0.5) is 8.78 Å². The van der Waals surface area contributed by atoms with Crippen LogP contribution >= 0.6 is 0 Å². The second-order valence-corrected chi connectivity index (χ2v) is 6.50.